The first-order valence-corrected chi connectivity index (χ1v) is 8.60. The van der Waals surface area contributed by atoms with Crippen LogP contribution in [-0.4, -0.2) is 37.6 Å². The van der Waals surface area contributed by atoms with Crippen molar-refractivity contribution in [1.29, 1.82) is 0 Å². The van der Waals surface area contributed by atoms with Crippen molar-refractivity contribution in [3.63, 3.8) is 0 Å². The summed E-state index contributed by atoms with van der Waals surface area (Å²) in [5.41, 5.74) is 8.04. The molecular formula is C20H27N3O2. The molecule has 0 aliphatic rings. The van der Waals surface area contributed by atoms with Crippen LogP contribution >= 0.6 is 0 Å². The number of methoxy groups -OCH3 is 1. The Morgan fingerprint density at radius 1 is 1.16 bits per heavy atom. The van der Waals surface area contributed by atoms with Crippen molar-refractivity contribution in [1.82, 2.24) is 10.2 Å². The number of carbonyl (C=O) groups excluding carboxylic acids is 1. The SMILES string of the molecule is CCN(CC)C(CNC(=O)c1cccc(N)c1)c1cccc(OC)c1. The normalized spacial score (nSPS) is 12.0. The van der Waals surface area contributed by atoms with Crippen molar-refractivity contribution in [2.24, 2.45) is 0 Å². The second-order valence-corrected chi connectivity index (χ2v) is 5.85. The van der Waals surface area contributed by atoms with E-state index in [0.29, 0.717) is 17.8 Å². The van der Waals surface area contributed by atoms with Crippen LogP contribution in [0.5, 0.6) is 5.75 Å². The Labute approximate surface area is 149 Å². The lowest BCUT2D eigenvalue weighted by atomic mass is 10.0. The lowest BCUT2D eigenvalue weighted by Gasteiger charge is -2.30. The summed E-state index contributed by atoms with van der Waals surface area (Å²) in [5, 5.41) is 3.03. The molecule has 3 N–H and O–H groups in total. The van der Waals surface area contributed by atoms with Crippen LogP contribution in [0.3, 0.4) is 0 Å². The van der Waals surface area contributed by atoms with E-state index in [0.717, 1.165) is 24.4 Å². The molecule has 0 heterocycles. The summed E-state index contributed by atoms with van der Waals surface area (Å²) in [4.78, 5) is 14.8. The smallest absolute Gasteiger partial charge is 0.251 e. The van der Waals surface area contributed by atoms with Crippen LogP contribution in [0.25, 0.3) is 0 Å². The minimum absolute atomic E-state index is 0.0788. The number of amides is 1. The number of carbonyl (C=O) groups is 1. The highest BCUT2D eigenvalue weighted by Gasteiger charge is 2.19. The third-order valence-electron chi connectivity index (χ3n) is 4.34. The van der Waals surface area contributed by atoms with Gasteiger partial charge in [-0.15, -0.1) is 0 Å². The molecule has 0 aromatic heterocycles. The molecular weight excluding hydrogens is 314 g/mol. The summed E-state index contributed by atoms with van der Waals surface area (Å²) in [6.07, 6.45) is 0. The molecule has 0 saturated carbocycles. The highest BCUT2D eigenvalue weighted by molar-refractivity contribution is 5.95. The summed E-state index contributed by atoms with van der Waals surface area (Å²) in [5.74, 6) is 0.698. The van der Waals surface area contributed by atoms with E-state index in [1.54, 1.807) is 31.4 Å². The van der Waals surface area contributed by atoms with Gasteiger partial charge in [0.2, 0.25) is 0 Å². The molecule has 0 spiro atoms. The lowest BCUT2D eigenvalue weighted by molar-refractivity contribution is 0.0935. The van der Waals surface area contributed by atoms with E-state index in [-0.39, 0.29) is 11.9 Å². The van der Waals surface area contributed by atoms with Gasteiger partial charge in [-0.05, 0) is 49.0 Å². The number of hydrogen-bond donors (Lipinski definition) is 2. The fraction of sp³-hybridized carbons (Fsp3) is 0.350. The molecule has 5 nitrogen and oxygen atoms in total. The number of nitrogens with one attached hydrogen (secondary N) is 1. The van der Waals surface area contributed by atoms with Gasteiger partial charge in [-0.1, -0.05) is 32.0 Å². The monoisotopic (exact) mass is 341 g/mol. The van der Waals surface area contributed by atoms with Crippen molar-refractivity contribution in [2.75, 3.05) is 32.5 Å². The zero-order chi connectivity index (χ0) is 18.2. The number of benzene rings is 2. The first kappa shape index (κ1) is 18.8. The van der Waals surface area contributed by atoms with Crippen LogP contribution in [0.2, 0.25) is 0 Å². The maximum atomic E-state index is 12.4. The zero-order valence-electron chi connectivity index (χ0n) is 15.2. The van der Waals surface area contributed by atoms with E-state index in [1.807, 2.05) is 18.2 Å². The number of hydrogen-bond acceptors (Lipinski definition) is 4. The molecule has 1 atom stereocenters. The van der Waals surface area contributed by atoms with Gasteiger partial charge in [0.1, 0.15) is 5.75 Å². The van der Waals surface area contributed by atoms with Gasteiger partial charge >= 0.3 is 0 Å². The van der Waals surface area contributed by atoms with E-state index >= 15 is 0 Å². The molecule has 0 aliphatic heterocycles. The Bertz CT molecular complexity index is 699. The van der Waals surface area contributed by atoms with E-state index < -0.39 is 0 Å². The van der Waals surface area contributed by atoms with Gasteiger partial charge in [0, 0.05) is 17.8 Å². The van der Waals surface area contributed by atoms with Gasteiger partial charge in [-0.2, -0.15) is 0 Å². The molecule has 2 aromatic carbocycles. The Hall–Kier alpha value is -2.53. The van der Waals surface area contributed by atoms with Crippen molar-refractivity contribution < 1.29 is 9.53 Å². The first-order valence-electron chi connectivity index (χ1n) is 8.60. The molecule has 134 valence electrons. The number of ether oxygens (including phenoxy) is 1. The van der Waals surface area contributed by atoms with Gasteiger partial charge in [0.05, 0.1) is 13.2 Å². The average molecular weight is 341 g/mol. The topological polar surface area (TPSA) is 67.6 Å². The second kappa shape index (κ2) is 9.08. The van der Waals surface area contributed by atoms with Crippen LogP contribution < -0.4 is 15.8 Å². The van der Waals surface area contributed by atoms with Crippen LogP contribution in [0.1, 0.15) is 35.8 Å². The van der Waals surface area contributed by atoms with E-state index in [2.05, 4.69) is 30.1 Å². The number of anilines is 1. The molecule has 0 saturated heterocycles. The third-order valence-corrected chi connectivity index (χ3v) is 4.34. The van der Waals surface area contributed by atoms with E-state index in [9.17, 15) is 4.79 Å². The van der Waals surface area contributed by atoms with E-state index in [1.165, 1.54) is 0 Å². The van der Waals surface area contributed by atoms with Crippen molar-refractivity contribution in [3.05, 3.63) is 59.7 Å². The van der Waals surface area contributed by atoms with Crippen molar-refractivity contribution in [2.45, 2.75) is 19.9 Å². The van der Waals surface area contributed by atoms with Crippen LogP contribution in [0.15, 0.2) is 48.5 Å². The van der Waals surface area contributed by atoms with Crippen LogP contribution in [0.4, 0.5) is 5.69 Å². The van der Waals surface area contributed by atoms with Gasteiger partial charge in [-0.3, -0.25) is 9.69 Å². The zero-order valence-corrected chi connectivity index (χ0v) is 15.2. The Balaban J connectivity index is 2.17. The average Bonchev–Trinajstić information content (AvgIpc) is 2.65. The van der Waals surface area contributed by atoms with Gasteiger partial charge in [0.25, 0.3) is 5.91 Å². The molecule has 0 fully saturated rings. The molecule has 5 heteroatoms. The summed E-state index contributed by atoms with van der Waals surface area (Å²) in [7, 11) is 1.66. The Morgan fingerprint density at radius 3 is 2.52 bits per heavy atom. The quantitative estimate of drug-likeness (QED) is 0.724. The molecule has 2 rings (SSSR count). The van der Waals surface area contributed by atoms with Crippen molar-refractivity contribution >= 4 is 11.6 Å². The van der Waals surface area contributed by atoms with Crippen LogP contribution in [-0.2, 0) is 0 Å². The predicted octanol–water partition coefficient (Wildman–Crippen LogP) is 3.09. The molecule has 1 amide bonds. The molecule has 0 bridgehead atoms. The summed E-state index contributed by atoms with van der Waals surface area (Å²) in [6.45, 7) is 6.55. The number of likely N-dealkylation sites (N-methyl/N-ethyl adjacent to an activating group) is 1. The number of rotatable bonds is 8. The first-order chi connectivity index (χ1) is 12.1. The van der Waals surface area contributed by atoms with Gasteiger partial charge < -0.3 is 15.8 Å². The second-order valence-electron chi connectivity index (χ2n) is 5.85. The lowest BCUT2D eigenvalue weighted by Crippen LogP contribution is -2.38. The molecule has 0 aliphatic carbocycles. The van der Waals surface area contributed by atoms with Crippen molar-refractivity contribution in [3.8, 4) is 5.75 Å². The summed E-state index contributed by atoms with van der Waals surface area (Å²) < 4.78 is 5.34. The molecule has 0 radical (unpaired) electrons. The molecule has 1 unspecified atom stereocenters. The number of nitrogens with two attached hydrogens (primary N) is 1. The fourth-order valence-corrected chi connectivity index (χ4v) is 2.94. The van der Waals surface area contributed by atoms with Gasteiger partial charge in [-0.25, -0.2) is 0 Å². The largest absolute Gasteiger partial charge is 0.497 e. The highest BCUT2D eigenvalue weighted by Crippen LogP contribution is 2.24. The fourth-order valence-electron chi connectivity index (χ4n) is 2.94. The number of nitrogen functional groups attached to an aromatic ring is 1. The summed E-state index contributed by atoms with van der Waals surface area (Å²) >= 11 is 0. The molecule has 25 heavy (non-hydrogen) atoms. The maximum absolute atomic E-state index is 12.4. The van der Waals surface area contributed by atoms with E-state index in [4.69, 9.17) is 10.5 Å². The Morgan fingerprint density at radius 2 is 1.88 bits per heavy atom. The molecule has 2 aromatic rings. The Kier molecular flexibility index (Phi) is 6.83. The standard InChI is InChI=1S/C20H27N3O2/c1-4-23(5-2)19(15-8-7-11-18(13-15)25-3)14-22-20(24)16-9-6-10-17(21)12-16/h6-13,19H,4-5,14,21H2,1-3H3,(H,22,24). The minimum Gasteiger partial charge on any atom is -0.497 e. The number of nitrogens with zero attached hydrogens (tertiary/aromatic N) is 1. The van der Waals surface area contributed by atoms with Gasteiger partial charge in [0.15, 0.2) is 0 Å². The highest BCUT2D eigenvalue weighted by atomic mass is 16.5. The predicted molar refractivity (Wildman–Crippen MR) is 102 cm³/mol. The minimum atomic E-state index is -0.118. The van der Waals surface area contributed by atoms with Crippen LogP contribution in [0, 0.1) is 0 Å². The maximum Gasteiger partial charge on any atom is 0.251 e. The summed E-state index contributed by atoms with van der Waals surface area (Å²) in [6, 6.07) is 15.1. The third kappa shape index (κ3) is 4.97.